The first-order valence-electron chi connectivity index (χ1n) is 19.8. The summed E-state index contributed by atoms with van der Waals surface area (Å²) in [7, 11) is 6.69. The molecule has 310 valence electrons. The second-order valence-electron chi connectivity index (χ2n) is 14.4. The smallest absolute Gasteiger partial charge is 0.160 e. The average Bonchev–Trinajstić information content (AvgIpc) is 3.28. The number of fused-ring (bicyclic) bond motifs is 2. The molecule has 0 bridgehead atoms. The Labute approximate surface area is 356 Å². The molecule has 3 atom stereocenters. The Hall–Kier alpha value is -4.74. The SMILES string of the molecule is COc1cc(CO[C@H]2CN(C(Cl)Cl)C[C@@H](OCc3cc(OC)c4ccccc4c3OC)C2c2ccc(OCCCOCc3ccccc3)cc2)c(OC)c2ccccc12. The van der Waals surface area contributed by atoms with Gasteiger partial charge in [0.1, 0.15) is 28.7 Å². The zero-order chi connectivity index (χ0) is 41.1. The van der Waals surface area contributed by atoms with Gasteiger partial charge in [-0.15, -0.1) is 0 Å². The van der Waals surface area contributed by atoms with Crippen LogP contribution in [0.15, 0.2) is 115 Å². The van der Waals surface area contributed by atoms with Crippen molar-refractivity contribution in [1.82, 2.24) is 4.90 Å². The van der Waals surface area contributed by atoms with Crippen molar-refractivity contribution in [3.63, 3.8) is 0 Å². The maximum atomic E-state index is 6.93. The molecule has 1 saturated heterocycles. The molecule has 1 aliphatic heterocycles. The number of hydrogen-bond donors (Lipinski definition) is 0. The highest BCUT2D eigenvalue weighted by Crippen LogP contribution is 2.41. The molecule has 0 N–H and O–H groups in total. The van der Waals surface area contributed by atoms with Gasteiger partial charge >= 0.3 is 0 Å². The van der Waals surface area contributed by atoms with Crippen LogP contribution in [0.4, 0.5) is 0 Å². The lowest BCUT2D eigenvalue weighted by molar-refractivity contribution is -0.0988. The Morgan fingerprint density at radius 1 is 0.576 bits per heavy atom. The fourth-order valence-electron chi connectivity index (χ4n) is 7.98. The second kappa shape index (κ2) is 20.5. The van der Waals surface area contributed by atoms with Crippen molar-refractivity contribution in [1.29, 1.82) is 0 Å². The molecule has 7 rings (SSSR count). The van der Waals surface area contributed by atoms with E-state index in [1.54, 1.807) is 28.4 Å². The molecule has 1 heterocycles. The van der Waals surface area contributed by atoms with Crippen molar-refractivity contribution in [2.45, 2.75) is 49.3 Å². The number of piperidine rings is 1. The minimum absolute atomic E-state index is 0.222. The first kappa shape index (κ1) is 42.4. The van der Waals surface area contributed by atoms with E-state index in [-0.39, 0.29) is 19.1 Å². The number of likely N-dealkylation sites (tertiary alicyclic amines) is 1. The molecule has 0 radical (unpaired) electrons. The molecule has 0 saturated carbocycles. The highest BCUT2D eigenvalue weighted by molar-refractivity contribution is 6.43. The summed E-state index contributed by atoms with van der Waals surface area (Å²) in [6.07, 6.45) is -0.0156. The number of ether oxygens (including phenoxy) is 8. The lowest BCUT2D eigenvalue weighted by Crippen LogP contribution is -2.53. The topological polar surface area (TPSA) is 77.1 Å². The van der Waals surface area contributed by atoms with Crippen LogP contribution in [-0.4, -0.2) is 76.8 Å². The van der Waals surface area contributed by atoms with Gasteiger partial charge in [0.25, 0.3) is 0 Å². The third-order valence-electron chi connectivity index (χ3n) is 10.8. The van der Waals surface area contributed by atoms with Crippen molar-refractivity contribution in [2.24, 2.45) is 0 Å². The first-order valence-corrected chi connectivity index (χ1v) is 20.6. The minimum Gasteiger partial charge on any atom is -0.496 e. The van der Waals surface area contributed by atoms with E-state index in [0.29, 0.717) is 32.9 Å². The van der Waals surface area contributed by atoms with Gasteiger partial charge in [0.05, 0.1) is 73.7 Å². The largest absolute Gasteiger partial charge is 0.496 e. The van der Waals surface area contributed by atoms with Crippen LogP contribution in [0.3, 0.4) is 0 Å². The van der Waals surface area contributed by atoms with Gasteiger partial charge in [0, 0.05) is 58.1 Å². The first-order chi connectivity index (χ1) is 28.9. The molecule has 59 heavy (non-hydrogen) atoms. The molecule has 6 aromatic carbocycles. The maximum Gasteiger partial charge on any atom is 0.160 e. The highest BCUT2D eigenvalue weighted by Gasteiger charge is 2.41. The molecular formula is C48H51Cl2NO8. The molecule has 1 unspecified atom stereocenters. The van der Waals surface area contributed by atoms with Gasteiger partial charge < -0.3 is 37.9 Å². The fourth-order valence-corrected chi connectivity index (χ4v) is 8.29. The molecule has 1 fully saturated rings. The molecule has 0 aromatic heterocycles. The van der Waals surface area contributed by atoms with Crippen LogP contribution in [0.5, 0.6) is 28.7 Å². The van der Waals surface area contributed by atoms with Crippen molar-refractivity contribution in [3.05, 3.63) is 138 Å². The summed E-state index contributed by atoms with van der Waals surface area (Å²) in [5.41, 5.74) is 3.90. The van der Waals surface area contributed by atoms with Gasteiger partial charge in [-0.2, -0.15) is 0 Å². The lowest BCUT2D eigenvalue weighted by Gasteiger charge is -2.44. The number of benzene rings is 6. The lowest BCUT2D eigenvalue weighted by atomic mass is 9.84. The van der Waals surface area contributed by atoms with E-state index >= 15 is 0 Å². The van der Waals surface area contributed by atoms with Gasteiger partial charge in [-0.1, -0.05) is 114 Å². The van der Waals surface area contributed by atoms with Crippen molar-refractivity contribution < 1.29 is 37.9 Å². The normalized spacial score (nSPS) is 17.0. The summed E-state index contributed by atoms with van der Waals surface area (Å²) in [5.74, 6) is 3.49. The van der Waals surface area contributed by atoms with Crippen molar-refractivity contribution >= 4 is 44.7 Å². The second-order valence-corrected chi connectivity index (χ2v) is 15.4. The fraction of sp³-hybridized carbons (Fsp3) is 0.333. The third kappa shape index (κ3) is 10.0. The molecule has 9 nitrogen and oxygen atoms in total. The van der Waals surface area contributed by atoms with E-state index in [0.717, 1.165) is 79.0 Å². The van der Waals surface area contributed by atoms with E-state index in [1.807, 2.05) is 95.9 Å². The molecular weight excluding hydrogens is 789 g/mol. The molecule has 0 amide bonds. The summed E-state index contributed by atoms with van der Waals surface area (Å²) in [6, 6.07) is 38.3. The minimum atomic E-state index is -0.786. The number of methoxy groups -OCH3 is 4. The quantitative estimate of drug-likeness (QED) is 0.0450. The zero-order valence-electron chi connectivity index (χ0n) is 33.9. The van der Waals surface area contributed by atoms with Crippen LogP contribution in [0.25, 0.3) is 21.5 Å². The summed E-state index contributed by atoms with van der Waals surface area (Å²) in [6.45, 7) is 3.12. The Morgan fingerprint density at radius 2 is 1.08 bits per heavy atom. The van der Waals surface area contributed by atoms with Gasteiger partial charge in [-0.05, 0) is 35.4 Å². The van der Waals surface area contributed by atoms with Crippen LogP contribution >= 0.6 is 23.2 Å². The number of nitrogens with zero attached hydrogens (tertiary/aromatic N) is 1. The number of alkyl halides is 2. The summed E-state index contributed by atoms with van der Waals surface area (Å²) < 4.78 is 49.4. The van der Waals surface area contributed by atoms with Gasteiger partial charge in [0.15, 0.2) is 4.96 Å². The number of hydrogen-bond acceptors (Lipinski definition) is 9. The van der Waals surface area contributed by atoms with E-state index in [2.05, 4.69) is 24.3 Å². The van der Waals surface area contributed by atoms with Gasteiger partial charge in [0.2, 0.25) is 0 Å². The average molecular weight is 841 g/mol. The summed E-state index contributed by atoms with van der Waals surface area (Å²) >= 11 is 13.3. The predicted octanol–water partition coefficient (Wildman–Crippen LogP) is 10.3. The van der Waals surface area contributed by atoms with E-state index in [9.17, 15) is 0 Å². The Bertz CT molecular complexity index is 2160. The molecule has 1 aliphatic rings. The number of halogens is 2. The van der Waals surface area contributed by atoms with Crippen LogP contribution in [0.2, 0.25) is 0 Å². The van der Waals surface area contributed by atoms with Crippen LogP contribution in [-0.2, 0) is 34.0 Å². The Balaban J connectivity index is 1.15. The molecule has 0 aliphatic carbocycles. The third-order valence-corrected chi connectivity index (χ3v) is 11.4. The Kier molecular flexibility index (Phi) is 14.7. The van der Waals surface area contributed by atoms with Crippen LogP contribution < -0.4 is 23.7 Å². The summed E-state index contributed by atoms with van der Waals surface area (Å²) in [5, 5.41) is 3.80. The molecule has 0 spiro atoms. The van der Waals surface area contributed by atoms with E-state index < -0.39 is 17.2 Å². The Morgan fingerprint density at radius 3 is 1.58 bits per heavy atom. The van der Waals surface area contributed by atoms with Crippen LogP contribution in [0, 0.1) is 0 Å². The number of rotatable bonds is 19. The highest BCUT2D eigenvalue weighted by atomic mass is 35.5. The monoisotopic (exact) mass is 839 g/mol. The molecule has 11 heteroatoms. The zero-order valence-corrected chi connectivity index (χ0v) is 35.4. The van der Waals surface area contributed by atoms with Crippen molar-refractivity contribution in [2.75, 3.05) is 54.7 Å². The van der Waals surface area contributed by atoms with Crippen LogP contribution in [0.1, 0.15) is 34.6 Å². The van der Waals surface area contributed by atoms with Gasteiger partial charge in [-0.3, -0.25) is 4.90 Å². The summed E-state index contributed by atoms with van der Waals surface area (Å²) in [4.78, 5) is 1.19. The predicted molar refractivity (Wildman–Crippen MR) is 234 cm³/mol. The maximum absolute atomic E-state index is 6.93. The van der Waals surface area contributed by atoms with E-state index in [4.69, 9.17) is 61.1 Å². The molecule has 6 aromatic rings. The standard InChI is InChI=1S/C48H51Cl2NO8/c1-52-41-25-34(46(54-3)39-17-10-8-15-37(39)41)30-58-43-27-51(48(49)50)28-44(59-31-35-26-42(53-2)38-16-9-11-18-40(38)47(35)55-4)45(43)33-19-21-36(22-20-33)57-24-12-23-56-29-32-13-6-5-7-14-32/h5-11,13-22,25-26,43-45,48H,12,23-24,27-31H2,1-4H3/t43-,44+,45?. The van der Waals surface area contributed by atoms with Gasteiger partial charge in [-0.25, -0.2) is 0 Å². The van der Waals surface area contributed by atoms with E-state index in [1.165, 1.54) is 0 Å². The van der Waals surface area contributed by atoms with Crippen molar-refractivity contribution in [3.8, 4) is 28.7 Å².